The van der Waals surface area contributed by atoms with Crippen molar-refractivity contribution in [2.24, 2.45) is 0 Å². The predicted molar refractivity (Wildman–Crippen MR) is 179 cm³/mol. The van der Waals surface area contributed by atoms with E-state index in [1.807, 2.05) is 0 Å². The molecule has 252 valence electrons. The molecule has 0 saturated heterocycles. The number of phosphoric ester groups is 1. The van der Waals surface area contributed by atoms with E-state index in [4.69, 9.17) is 0 Å². The first-order valence-electron chi connectivity index (χ1n) is 18.0. The Balaban J connectivity index is 0. The van der Waals surface area contributed by atoms with E-state index in [1.165, 1.54) is 89.9 Å². The van der Waals surface area contributed by atoms with Crippen molar-refractivity contribution in [3.8, 4) is 0 Å². The molecule has 0 aliphatic heterocycles. The molecule has 0 radical (unpaired) electrons. The van der Waals surface area contributed by atoms with Gasteiger partial charge in [-0.15, -0.1) is 0 Å². The first kappa shape index (κ1) is 45.7. The van der Waals surface area contributed by atoms with Gasteiger partial charge >= 0.3 is 49.3 Å². The van der Waals surface area contributed by atoms with E-state index in [9.17, 15) is 19.0 Å². The third kappa shape index (κ3) is 36.1. The Hall–Kier alpha value is -0.390. The van der Waals surface area contributed by atoms with Crippen LogP contribution in [0.5, 0.6) is 0 Å². The van der Waals surface area contributed by atoms with E-state index < -0.39 is 19.8 Å². The van der Waals surface area contributed by atoms with Crippen LogP contribution in [0.15, 0.2) is 24.3 Å². The van der Waals surface area contributed by atoms with Crippen molar-refractivity contribution in [2.45, 2.75) is 194 Å². The molecule has 0 aromatic heterocycles. The minimum atomic E-state index is -4.95. The zero-order chi connectivity index (χ0) is 31.7. The van der Waals surface area contributed by atoms with Gasteiger partial charge in [0.05, 0.1) is 0 Å². The average molecular weight is 649 g/mol. The Morgan fingerprint density at radius 2 is 0.727 bits per heavy atom. The van der Waals surface area contributed by atoms with Crippen LogP contribution in [0.3, 0.4) is 0 Å². The molecule has 0 aliphatic rings. The second-order valence-electron chi connectivity index (χ2n) is 12.0. The van der Waals surface area contributed by atoms with Crippen LogP contribution in [0.1, 0.15) is 194 Å². The van der Waals surface area contributed by atoms with E-state index in [-0.39, 0.29) is 42.4 Å². The van der Waals surface area contributed by atoms with Gasteiger partial charge in [-0.3, -0.25) is 9.59 Å². The summed E-state index contributed by atoms with van der Waals surface area (Å²) in [5, 5.41) is 0. The van der Waals surface area contributed by atoms with Gasteiger partial charge in [0, 0.05) is 12.8 Å². The standard InChI is InChI=1S/C36H67O6P.Na/c1-3-5-7-9-11-13-15-17-19-21-23-25-27-29-31-33-35(37)41-43(39,40)42-36(38)34-32-30-28-26-24-22-20-18-16-14-12-10-8-6-4-2;/h17-20H,3-16,21-34H2,1-2H3,(H,39,40);/q;+1/p-1. The summed E-state index contributed by atoms with van der Waals surface area (Å²) in [6.07, 6.45) is 38.8. The molecule has 0 heterocycles. The monoisotopic (exact) mass is 648 g/mol. The fraction of sp³-hybridized carbons (Fsp3) is 0.833. The summed E-state index contributed by atoms with van der Waals surface area (Å²) in [6.45, 7) is 4.48. The average Bonchev–Trinajstić information content (AvgIpc) is 2.96. The SMILES string of the molecule is CCCCCCCCC=CCCCCCCCC(=O)OP(=O)([O-])OC(=O)CCCCCCCC=CCCCCCCCC.[Na+]. The van der Waals surface area contributed by atoms with E-state index >= 15 is 0 Å². The van der Waals surface area contributed by atoms with Crippen molar-refractivity contribution in [1.82, 2.24) is 0 Å². The van der Waals surface area contributed by atoms with Crippen LogP contribution < -0.4 is 34.5 Å². The van der Waals surface area contributed by atoms with Crippen molar-refractivity contribution >= 4 is 19.8 Å². The Labute approximate surface area is 293 Å². The molecule has 0 aromatic carbocycles. The molecule has 44 heavy (non-hydrogen) atoms. The molecule has 0 atom stereocenters. The van der Waals surface area contributed by atoms with Crippen LogP contribution in [-0.2, 0) is 23.2 Å². The van der Waals surface area contributed by atoms with E-state index in [0.29, 0.717) is 12.8 Å². The second-order valence-corrected chi connectivity index (χ2v) is 13.3. The molecule has 0 N–H and O–H groups in total. The molecule has 0 aliphatic carbocycles. The molecule has 0 amide bonds. The third-order valence-corrected chi connectivity index (χ3v) is 8.57. The molecule has 0 saturated carbocycles. The number of hydrogen-bond donors (Lipinski definition) is 0. The van der Waals surface area contributed by atoms with Gasteiger partial charge in [-0.25, -0.2) is 4.57 Å². The minimum Gasteiger partial charge on any atom is -0.736 e. The van der Waals surface area contributed by atoms with Gasteiger partial charge in [-0.2, -0.15) is 0 Å². The van der Waals surface area contributed by atoms with Crippen LogP contribution in [0.2, 0.25) is 0 Å². The summed E-state index contributed by atoms with van der Waals surface area (Å²) in [7, 11) is -4.95. The van der Waals surface area contributed by atoms with Crippen LogP contribution in [0.25, 0.3) is 0 Å². The van der Waals surface area contributed by atoms with Gasteiger partial charge in [-0.1, -0.05) is 141 Å². The number of allylic oxidation sites excluding steroid dienone is 4. The van der Waals surface area contributed by atoms with E-state index in [0.717, 1.165) is 64.2 Å². The van der Waals surface area contributed by atoms with Crippen molar-refractivity contribution in [1.29, 1.82) is 0 Å². The van der Waals surface area contributed by atoms with E-state index in [1.54, 1.807) is 0 Å². The Kier molecular flexibility index (Phi) is 36.9. The zero-order valence-corrected chi connectivity index (χ0v) is 31.9. The van der Waals surface area contributed by atoms with Crippen LogP contribution in [0.4, 0.5) is 0 Å². The molecule has 0 aromatic rings. The van der Waals surface area contributed by atoms with Crippen LogP contribution in [0, 0.1) is 0 Å². The second kappa shape index (κ2) is 35.5. The molecular weight excluding hydrogens is 582 g/mol. The number of unbranched alkanes of at least 4 members (excludes halogenated alkanes) is 22. The van der Waals surface area contributed by atoms with Crippen molar-refractivity contribution < 1.29 is 57.7 Å². The maximum atomic E-state index is 11.9. The normalized spacial score (nSPS) is 12.8. The van der Waals surface area contributed by atoms with Gasteiger partial charge in [0.1, 0.15) is 0 Å². The number of carbonyl (C=O) groups excluding carboxylic acids is 2. The summed E-state index contributed by atoms with van der Waals surface area (Å²) in [5.74, 6) is -1.71. The molecule has 0 fully saturated rings. The summed E-state index contributed by atoms with van der Waals surface area (Å²) >= 11 is 0. The molecule has 0 rings (SSSR count). The number of hydrogen-bond acceptors (Lipinski definition) is 6. The fourth-order valence-electron chi connectivity index (χ4n) is 5.04. The summed E-state index contributed by atoms with van der Waals surface area (Å²) in [4.78, 5) is 35.7. The minimum absolute atomic E-state index is 0. The number of rotatable bonds is 32. The van der Waals surface area contributed by atoms with Gasteiger partial charge in [-0.05, 0) is 64.2 Å². The predicted octanol–water partition coefficient (Wildman–Crippen LogP) is 8.62. The summed E-state index contributed by atoms with van der Waals surface area (Å²) in [6, 6.07) is 0. The Morgan fingerprint density at radius 1 is 0.477 bits per heavy atom. The van der Waals surface area contributed by atoms with Crippen molar-refractivity contribution in [2.75, 3.05) is 0 Å². The van der Waals surface area contributed by atoms with Crippen LogP contribution >= 0.6 is 7.82 Å². The van der Waals surface area contributed by atoms with Crippen molar-refractivity contribution in [3.05, 3.63) is 24.3 Å². The molecular formula is C36H66NaO6P. The zero-order valence-electron chi connectivity index (χ0n) is 29.0. The maximum absolute atomic E-state index is 11.9. The van der Waals surface area contributed by atoms with Crippen LogP contribution in [-0.4, -0.2) is 11.9 Å². The molecule has 8 heteroatoms. The first-order valence-corrected chi connectivity index (χ1v) is 19.4. The topological polar surface area (TPSA) is 92.7 Å². The Morgan fingerprint density at radius 3 is 1.02 bits per heavy atom. The molecule has 6 nitrogen and oxygen atoms in total. The van der Waals surface area contributed by atoms with Gasteiger partial charge in [0.2, 0.25) is 0 Å². The summed E-state index contributed by atoms with van der Waals surface area (Å²) < 4.78 is 20.8. The van der Waals surface area contributed by atoms with E-state index in [2.05, 4.69) is 47.2 Å². The van der Waals surface area contributed by atoms with Crippen molar-refractivity contribution in [3.63, 3.8) is 0 Å². The maximum Gasteiger partial charge on any atom is 1.00 e. The molecule has 0 bridgehead atoms. The molecule has 0 unspecified atom stereocenters. The Bertz CT molecular complexity index is 697. The first-order chi connectivity index (χ1) is 20.9. The fourth-order valence-corrected chi connectivity index (χ4v) is 5.76. The number of carbonyl (C=O) groups is 2. The number of phosphoric acid groups is 1. The molecule has 0 spiro atoms. The quantitative estimate of drug-likeness (QED) is 0.0314. The van der Waals surface area contributed by atoms with Gasteiger partial charge in [0.25, 0.3) is 0 Å². The van der Waals surface area contributed by atoms with Gasteiger partial charge in [0.15, 0.2) is 0 Å². The largest absolute Gasteiger partial charge is 1.00 e. The summed E-state index contributed by atoms with van der Waals surface area (Å²) in [5.41, 5.74) is 0. The third-order valence-electron chi connectivity index (χ3n) is 7.71. The van der Waals surface area contributed by atoms with Gasteiger partial charge < -0.3 is 13.9 Å². The smallest absolute Gasteiger partial charge is 0.736 e.